The third kappa shape index (κ3) is 3.05. The van der Waals surface area contributed by atoms with Crippen molar-refractivity contribution >= 4 is 16.6 Å². The summed E-state index contributed by atoms with van der Waals surface area (Å²) in [6.07, 6.45) is -0.310. The minimum absolute atomic E-state index is 0.182. The highest BCUT2D eigenvalue weighted by molar-refractivity contribution is 6.11. The minimum Gasteiger partial charge on any atom is -0.337 e. The minimum atomic E-state index is -1.47. The Hall–Kier alpha value is -3.27. The highest BCUT2D eigenvalue weighted by Crippen LogP contribution is 2.43. The first-order chi connectivity index (χ1) is 14.3. The van der Waals surface area contributed by atoms with Gasteiger partial charge in [0.05, 0.1) is 6.61 Å². The van der Waals surface area contributed by atoms with Crippen molar-refractivity contribution in [2.45, 2.75) is 11.9 Å². The summed E-state index contributed by atoms with van der Waals surface area (Å²) in [5, 5.41) is 1.91. The lowest BCUT2D eigenvalue weighted by Crippen LogP contribution is -2.37. The standard InChI is InChI=1S/C26H20O3/c27-25(23-17-9-13-19-10-7-8-16-22(19)23)26(21-14-5-2-6-15-21)28-18-24(29-26)20-11-3-1-4-12-20/h1-17,24H,18H2. The molecule has 2 atom stereocenters. The molecule has 1 saturated heterocycles. The van der Waals surface area contributed by atoms with Gasteiger partial charge in [-0.3, -0.25) is 4.79 Å². The summed E-state index contributed by atoms with van der Waals surface area (Å²) >= 11 is 0. The lowest BCUT2D eigenvalue weighted by Gasteiger charge is -2.27. The largest absolute Gasteiger partial charge is 0.337 e. The van der Waals surface area contributed by atoms with Crippen LogP contribution < -0.4 is 0 Å². The topological polar surface area (TPSA) is 35.5 Å². The number of carbonyl (C=O) groups excluding carboxylic acids is 1. The second-order valence-electron chi connectivity index (χ2n) is 7.17. The third-order valence-corrected chi connectivity index (χ3v) is 5.40. The zero-order valence-electron chi connectivity index (χ0n) is 15.8. The van der Waals surface area contributed by atoms with Gasteiger partial charge in [0.2, 0.25) is 5.78 Å². The Labute approximate surface area is 169 Å². The predicted octanol–water partition coefficient (Wildman–Crippen LogP) is 5.66. The summed E-state index contributed by atoms with van der Waals surface area (Å²) in [5.41, 5.74) is 2.30. The molecule has 0 bridgehead atoms. The highest BCUT2D eigenvalue weighted by Gasteiger charge is 2.50. The van der Waals surface area contributed by atoms with Crippen molar-refractivity contribution in [3.05, 3.63) is 120 Å². The summed E-state index contributed by atoms with van der Waals surface area (Å²) in [5.74, 6) is -1.65. The molecule has 4 aromatic carbocycles. The van der Waals surface area contributed by atoms with Crippen LogP contribution in [0.1, 0.15) is 27.6 Å². The van der Waals surface area contributed by atoms with Crippen LogP contribution in [-0.2, 0) is 15.3 Å². The molecule has 5 rings (SSSR count). The van der Waals surface area contributed by atoms with Gasteiger partial charge in [0.1, 0.15) is 6.10 Å². The summed E-state index contributed by atoms with van der Waals surface area (Å²) in [6, 6.07) is 33.0. The number of carbonyl (C=O) groups is 1. The summed E-state index contributed by atoms with van der Waals surface area (Å²) in [6.45, 7) is 0.315. The molecule has 29 heavy (non-hydrogen) atoms. The lowest BCUT2D eigenvalue weighted by molar-refractivity contribution is -0.138. The summed E-state index contributed by atoms with van der Waals surface area (Å²) < 4.78 is 12.6. The van der Waals surface area contributed by atoms with Gasteiger partial charge < -0.3 is 9.47 Å². The van der Waals surface area contributed by atoms with Crippen molar-refractivity contribution in [2.75, 3.05) is 6.61 Å². The zero-order valence-corrected chi connectivity index (χ0v) is 15.8. The molecule has 3 nitrogen and oxygen atoms in total. The molecule has 0 aromatic heterocycles. The second kappa shape index (κ2) is 7.28. The highest BCUT2D eigenvalue weighted by atomic mass is 16.7. The molecule has 142 valence electrons. The van der Waals surface area contributed by atoms with E-state index in [4.69, 9.17) is 9.47 Å². The number of Topliss-reactive ketones (excluding diaryl/α,β-unsaturated/α-hetero) is 1. The molecule has 4 aromatic rings. The predicted molar refractivity (Wildman–Crippen MR) is 113 cm³/mol. The fraction of sp³-hybridized carbons (Fsp3) is 0.115. The second-order valence-corrected chi connectivity index (χ2v) is 7.17. The van der Waals surface area contributed by atoms with E-state index < -0.39 is 5.79 Å². The van der Waals surface area contributed by atoms with Crippen LogP contribution in [0, 0.1) is 0 Å². The van der Waals surface area contributed by atoms with Gasteiger partial charge in [-0.1, -0.05) is 103 Å². The molecule has 1 fully saturated rings. The molecule has 2 unspecified atom stereocenters. The molecule has 0 amide bonds. The van der Waals surface area contributed by atoms with E-state index in [1.54, 1.807) is 0 Å². The number of rotatable bonds is 4. The molecular weight excluding hydrogens is 360 g/mol. The van der Waals surface area contributed by atoms with Gasteiger partial charge in [-0.05, 0) is 16.3 Å². The van der Waals surface area contributed by atoms with Crippen LogP contribution in [0.2, 0.25) is 0 Å². The van der Waals surface area contributed by atoms with Crippen LogP contribution in [0.4, 0.5) is 0 Å². The quantitative estimate of drug-likeness (QED) is 0.428. The number of hydrogen-bond acceptors (Lipinski definition) is 3. The average molecular weight is 380 g/mol. The van der Waals surface area contributed by atoms with Crippen LogP contribution in [0.5, 0.6) is 0 Å². The number of ether oxygens (including phenoxy) is 2. The molecule has 1 aliphatic rings. The van der Waals surface area contributed by atoms with E-state index in [2.05, 4.69) is 0 Å². The molecule has 3 heteroatoms. The maximum absolute atomic E-state index is 13.9. The van der Waals surface area contributed by atoms with Gasteiger partial charge in [-0.2, -0.15) is 0 Å². The van der Waals surface area contributed by atoms with E-state index in [9.17, 15) is 4.79 Å². The summed E-state index contributed by atoms with van der Waals surface area (Å²) in [4.78, 5) is 13.9. The number of ketones is 1. The fourth-order valence-electron chi connectivity index (χ4n) is 3.95. The molecule has 1 aliphatic heterocycles. The molecule has 0 N–H and O–H groups in total. The smallest absolute Gasteiger partial charge is 0.262 e. The van der Waals surface area contributed by atoms with Crippen molar-refractivity contribution in [1.82, 2.24) is 0 Å². The summed E-state index contributed by atoms with van der Waals surface area (Å²) in [7, 11) is 0. The van der Waals surface area contributed by atoms with Gasteiger partial charge >= 0.3 is 0 Å². The van der Waals surface area contributed by atoms with E-state index in [1.165, 1.54) is 0 Å². The number of benzene rings is 4. The molecule has 1 heterocycles. The van der Waals surface area contributed by atoms with Crippen molar-refractivity contribution in [1.29, 1.82) is 0 Å². The van der Waals surface area contributed by atoms with Gasteiger partial charge in [0, 0.05) is 11.1 Å². The Morgan fingerprint density at radius 1 is 0.759 bits per heavy atom. The maximum atomic E-state index is 13.9. The van der Waals surface area contributed by atoms with Gasteiger partial charge in [-0.15, -0.1) is 0 Å². The van der Waals surface area contributed by atoms with E-state index in [0.717, 1.165) is 16.3 Å². The molecule has 0 saturated carbocycles. The first-order valence-corrected chi connectivity index (χ1v) is 9.73. The average Bonchev–Trinajstić information content (AvgIpc) is 3.26. The first-order valence-electron chi connectivity index (χ1n) is 9.73. The fourth-order valence-corrected chi connectivity index (χ4v) is 3.95. The number of fused-ring (bicyclic) bond motifs is 1. The Kier molecular flexibility index (Phi) is 4.47. The van der Waals surface area contributed by atoms with Crippen molar-refractivity contribution in [3.8, 4) is 0 Å². The zero-order chi connectivity index (χ0) is 19.7. The van der Waals surface area contributed by atoms with E-state index >= 15 is 0 Å². The van der Waals surface area contributed by atoms with Crippen molar-refractivity contribution in [3.63, 3.8) is 0 Å². The SMILES string of the molecule is O=C(c1cccc2ccccc12)C1(c2ccccc2)OCC(c2ccccc2)O1. The van der Waals surface area contributed by atoms with Gasteiger partial charge in [0.15, 0.2) is 0 Å². The number of hydrogen-bond donors (Lipinski definition) is 0. The van der Waals surface area contributed by atoms with E-state index in [-0.39, 0.29) is 11.9 Å². The third-order valence-electron chi connectivity index (χ3n) is 5.40. The normalized spacial score (nSPS) is 21.3. The van der Waals surface area contributed by atoms with Crippen molar-refractivity contribution in [2.24, 2.45) is 0 Å². The molecule has 0 radical (unpaired) electrons. The van der Waals surface area contributed by atoms with E-state index in [0.29, 0.717) is 17.7 Å². The monoisotopic (exact) mass is 380 g/mol. The Morgan fingerprint density at radius 2 is 1.41 bits per heavy atom. The first kappa shape index (κ1) is 17.8. The molecule has 0 aliphatic carbocycles. The van der Waals surface area contributed by atoms with E-state index in [1.807, 2.05) is 103 Å². The Bertz CT molecular complexity index is 1150. The van der Waals surface area contributed by atoms with Crippen LogP contribution in [-0.4, -0.2) is 12.4 Å². The van der Waals surface area contributed by atoms with Crippen LogP contribution in [0.25, 0.3) is 10.8 Å². The Balaban J connectivity index is 1.63. The lowest BCUT2D eigenvalue weighted by atomic mass is 9.92. The van der Waals surface area contributed by atoms with Gasteiger partial charge in [-0.25, -0.2) is 0 Å². The van der Waals surface area contributed by atoms with Crippen LogP contribution in [0.3, 0.4) is 0 Å². The maximum Gasteiger partial charge on any atom is 0.262 e. The molecule has 0 spiro atoms. The Morgan fingerprint density at radius 3 is 2.21 bits per heavy atom. The van der Waals surface area contributed by atoms with Crippen LogP contribution >= 0.6 is 0 Å². The van der Waals surface area contributed by atoms with Crippen molar-refractivity contribution < 1.29 is 14.3 Å². The van der Waals surface area contributed by atoms with Crippen LogP contribution in [0.15, 0.2) is 103 Å². The molecular formula is C26H20O3. The van der Waals surface area contributed by atoms with Gasteiger partial charge in [0.25, 0.3) is 5.79 Å².